The number of rotatable bonds is 6. The molecular formula is C14H22N2O2. The number of hydrogen-bond donors (Lipinski definition) is 1. The number of benzene rings is 1. The maximum atomic E-state index is 12.0. The lowest BCUT2D eigenvalue weighted by atomic mass is 10.1. The van der Waals surface area contributed by atoms with Crippen molar-refractivity contribution in [2.45, 2.75) is 19.9 Å². The molecule has 0 spiro atoms. The van der Waals surface area contributed by atoms with Crippen LogP contribution in [0.25, 0.3) is 0 Å². The van der Waals surface area contributed by atoms with E-state index in [-0.39, 0.29) is 11.9 Å². The Hall–Kier alpha value is -1.55. The van der Waals surface area contributed by atoms with Gasteiger partial charge in [-0.2, -0.15) is 0 Å². The van der Waals surface area contributed by atoms with E-state index in [1.807, 2.05) is 43.0 Å². The number of carbonyl (C=O) groups is 1. The fourth-order valence-corrected chi connectivity index (χ4v) is 2.00. The van der Waals surface area contributed by atoms with Crippen LogP contribution in [0, 0.1) is 0 Å². The molecule has 0 saturated heterocycles. The van der Waals surface area contributed by atoms with Crippen molar-refractivity contribution in [1.82, 2.24) is 10.2 Å². The Morgan fingerprint density at radius 3 is 2.78 bits per heavy atom. The van der Waals surface area contributed by atoms with Crippen molar-refractivity contribution in [3.63, 3.8) is 0 Å². The predicted octanol–water partition coefficient (Wildman–Crippen LogP) is 1.82. The number of likely N-dealkylation sites (N-methyl/N-ethyl adjacent to an activating group) is 2. The summed E-state index contributed by atoms with van der Waals surface area (Å²) >= 11 is 0. The van der Waals surface area contributed by atoms with Crippen LogP contribution in [0.5, 0.6) is 5.75 Å². The van der Waals surface area contributed by atoms with Crippen LogP contribution in [0.2, 0.25) is 0 Å². The molecule has 0 aliphatic rings. The van der Waals surface area contributed by atoms with Gasteiger partial charge in [0.2, 0.25) is 5.91 Å². The largest absolute Gasteiger partial charge is 0.497 e. The van der Waals surface area contributed by atoms with Crippen LogP contribution in [-0.2, 0) is 4.79 Å². The number of ether oxygens (including phenoxy) is 1. The van der Waals surface area contributed by atoms with Gasteiger partial charge in [-0.3, -0.25) is 4.79 Å². The van der Waals surface area contributed by atoms with Gasteiger partial charge in [-0.1, -0.05) is 12.1 Å². The van der Waals surface area contributed by atoms with Crippen molar-refractivity contribution in [3.8, 4) is 5.75 Å². The smallest absolute Gasteiger partial charge is 0.237 e. The minimum Gasteiger partial charge on any atom is -0.497 e. The zero-order valence-corrected chi connectivity index (χ0v) is 11.6. The standard InChI is InChI=1S/C14H22N2O2/c1-5-16(14(17)10-15-3)11(2)12-7-6-8-13(9-12)18-4/h6-9,11,15H,5,10H2,1-4H3. The van der Waals surface area contributed by atoms with E-state index in [0.717, 1.165) is 11.3 Å². The highest BCUT2D eigenvalue weighted by atomic mass is 16.5. The van der Waals surface area contributed by atoms with Gasteiger partial charge in [0.15, 0.2) is 0 Å². The maximum Gasteiger partial charge on any atom is 0.237 e. The van der Waals surface area contributed by atoms with Crippen molar-refractivity contribution in [1.29, 1.82) is 0 Å². The molecule has 1 N–H and O–H groups in total. The quantitative estimate of drug-likeness (QED) is 0.837. The summed E-state index contributed by atoms with van der Waals surface area (Å²) in [6.07, 6.45) is 0. The molecule has 4 heteroatoms. The number of methoxy groups -OCH3 is 1. The molecule has 18 heavy (non-hydrogen) atoms. The van der Waals surface area contributed by atoms with Crippen LogP contribution >= 0.6 is 0 Å². The molecule has 0 bridgehead atoms. The highest BCUT2D eigenvalue weighted by Crippen LogP contribution is 2.23. The summed E-state index contributed by atoms with van der Waals surface area (Å²) in [5.41, 5.74) is 1.08. The molecule has 1 aromatic rings. The molecule has 0 heterocycles. The molecule has 100 valence electrons. The summed E-state index contributed by atoms with van der Waals surface area (Å²) in [6, 6.07) is 7.89. The molecule has 0 aromatic heterocycles. The molecule has 1 amide bonds. The molecule has 1 atom stereocenters. The summed E-state index contributed by atoms with van der Waals surface area (Å²) in [7, 11) is 3.43. The zero-order valence-electron chi connectivity index (χ0n) is 11.6. The van der Waals surface area contributed by atoms with Gasteiger partial charge in [-0.25, -0.2) is 0 Å². The van der Waals surface area contributed by atoms with Gasteiger partial charge in [-0.15, -0.1) is 0 Å². The van der Waals surface area contributed by atoms with Crippen LogP contribution < -0.4 is 10.1 Å². The van der Waals surface area contributed by atoms with Crippen LogP contribution in [0.15, 0.2) is 24.3 Å². The molecular weight excluding hydrogens is 228 g/mol. The normalized spacial score (nSPS) is 12.0. The molecule has 0 aliphatic heterocycles. The van der Waals surface area contributed by atoms with E-state index in [1.54, 1.807) is 14.2 Å². The zero-order chi connectivity index (χ0) is 13.5. The van der Waals surface area contributed by atoms with Gasteiger partial charge in [0, 0.05) is 6.54 Å². The minimum atomic E-state index is 0.0472. The third-order valence-electron chi connectivity index (χ3n) is 3.03. The average Bonchev–Trinajstić information content (AvgIpc) is 2.40. The maximum absolute atomic E-state index is 12.0. The van der Waals surface area contributed by atoms with Gasteiger partial charge in [0.05, 0.1) is 19.7 Å². The fraction of sp³-hybridized carbons (Fsp3) is 0.500. The molecule has 1 unspecified atom stereocenters. The summed E-state index contributed by atoms with van der Waals surface area (Å²) in [6.45, 7) is 5.08. The van der Waals surface area contributed by atoms with E-state index in [0.29, 0.717) is 13.1 Å². The van der Waals surface area contributed by atoms with Gasteiger partial charge in [0.1, 0.15) is 5.75 Å². The van der Waals surface area contributed by atoms with Gasteiger partial charge in [-0.05, 0) is 38.6 Å². The van der Waals surface area contributed by atoms with Crippen LogP contribution in [0.1, 0.15) is 25.5 Å². The lowest BCUT2D eigenvalue weighted by Crippen LogP contribution is -2.38. The molecule has 1 rings (SSSR count). The van der Waals surface area contributed by atoms with Crippen LogP contribution in [0.3, 0.4) is 0 Å². The first kappa shape index (κ1) is 14.5. The number of hydrogen-bond acceptors (Lipinski definition) is 3. The van der Waals surface area contributed by atoms with Crippen molar-refractivity contribution in [2.24, 2.45) is 0 Å². The number of carbonyl (C=O) groups excluding carboxylic acids is 1. The highest BCUT2D eigenvalue weighted by Gasteiger charge is 2.19. The SMILES string of the molecule is CCN(C(=O)CNC)C(C)c1cccc(OC)c1. The van der Waals surface area contributed by atoms with E-state index >= 15 is 0 Å². The summed E-state index contributed by atoms with van der Waals surface area (Å²) < 4.78 is 5.21. The van der Waals surface area contributed by atoms with Crippen LogP contribution in [0.4, 0.5) is 0 Å². The monoisotopic (exact) mass is 250 g/mol. The Bertz CT molecular complexity index is 393. The first-order valence-electron chi connectivity index (χ1n) is 6.22. The molecule has 1 aromatic carbocycles. The first-order valence-corrected chi connectivity index (χ1v) is 6.22. The molecule has 0 radical (unpaired) electrons. The third kappa shape index (κ3) is 3.47. The summed E-state index contributed by atoms with van der Waals surface area (Å²) in [4.78, 5) is 13.8. The van der Waals surface area contributed by atoms with Crippen molar-refractivity contribution in [2.75, 3.05) is 27.2 Å². The Morgan fingerprint density at radius 1 is 1.50 bits per heavy atom. The predicted molar refractivity (Wildman–Crippen MR) is 72.7 cm³/mol. The molecule has 4 nitrogen and oxygen atoms in total. The second-order valence-electron chi connectivity index (χ2n) is 4.16. The Labute approximate surface area is 109 Å². The topological polar surface area (TPSA) is 41.6 Å². The Morgan fingerprint density at radius 2 is 2.22 bits per heavy atom. The van der Waals surface area contributed by atoms with Crippen molar-refractivity contribution < 1.29 is 9.53 Å². The molecule has 0 aliphatic carbocycles. The van der Waals surface area contributed by atoms with Crippen molar-refractivity contribution in [3.05, 3.63) is 29.8 Å². The second kappa shape index (κ2) is 7.01. The summed E-state index contributed by atoms with van der Waals surface area (Å²) in [5, 5.41) is 2.90. The minimum absolute atomic E-state index is 0.0472. The average molecular weight is 250 g/mol. The van der Waals surface area contributed by atoms with E-state index in [4.69, 9.17) is 4.74 Å². The number of nitrogens with one attached hydrogen (secondary N) is 1. The Balaban J connectivity index is 2.88. The van der Waals surface area contributed by atoms with Crippen molar-refractivity contribution >= 4 is 5.91 Å². The molecule has 0 saturated carbocycles. The summed E-state index contributed by atoms with van der Waals surface area (Å²) in [5.74, 6) is 0.923. The van der Waals surface area contributed by atoms with E-state index < -0.39 is 0 Å². The van der Waals surface area contributed by atoms with E-state index in [2.05, 4.69) is 5.32 Å². The van der Waals surface area contributed by atoms with Crippen LogP contribution in [-0.4, -0.2) is 38.1 Å². The first-order chi connectivity index (χ1) is 8.63. The second-order valence-corrected chi connectivity index (χ2v) is 4.16. The Kier molecular flexibility index (Phi) is 5.65. The fourth-order valence-electron chi connectivity index (χ4n) is 2.00. The number of amides is 1. The third-order valence-corrected chi connectivity index (χ3v) is 3.03. The van der Waals surface area contributed by atoms with Gasteiger partial charge >= 0.3 is 0 Å². The highest BCUT2D eigenvalue weighted by molar-refractivity contribution is 5.78. The van der Waals surface area contributed by atoms with Gasteiger partial charge < -0.3 is 15.0 Å². The lowest BCUT2D eigenvalue weighted by molar-refractivity contribution is -0.132. The number of nitrogens with zero attached hydrogens (tertiary/aromatic N) is 1. The van der Waals surface area contributed by atoms with E-state index in [1.165, 1.54) is 0 Å². The van der Waals surface area contributed by atoms with E-state index in [9.17, 15) is 4.79 Å². The lowest BCUT2D eigenvalue weighted by Gasteiger charge is -2.28. The molecule has 0 fully saturated rings. The van der Waals surface area contributed by atoms with Gasteiger partial charge in [0.25, 0.3) is 0 Å².